The fraction of sp³-hybridized carbons (Fsp3) is 0.292. The molecule has 0 bridgehead atoms. The standard InChI is InChI=1S/C24H24F2N4O2/c1-29(2)24-27-14-18(16-9-11-17(25)12-10-16)23(28-24)20-7-5-13-30(20)22(31)15-32-21-8-4-3-6-19(21)26/h3-4,6,8-12,14,20H,5,7,13,15H2,1-2H3/t20-/m1/s1. The van der Waals surface area contributed by atoms with Crippen molar-refractivity contribution in [3.8, 4) is 16.9 Å². The monoisotopic (exact) mass is 438 g/mol. The van der Waals surface area contributed by atoms with Crippen molar-refractivity contribution in [1.29, 1.82) is 0 Å². The Morgan fingerprint density at radius 3 is 2.62 bits per heavy atom. The molecule has 1 aromatic heterocycles. The van der Waals surface area contributed by atoms with Gasteiger partial charge >= 0.3 is 0 Å². The Morgan fingerprint density at radius 2 is 1.91 bits per heavy atom. The quantitative estimate of drug-likeness (QED) is 0.577. The van der Waals surface area contributed by atoms with Gasteiger partial charge in [-0.2, -0.15) is 0 Å². The normalized spacial score (nSPS) is 15.6. The summed E-state index contributed by atoms with van der Waals surface area (Å²) in [5, 5.41) is 0. The third kappa shape index (κ3) is 4.54. The zero-order valence-corrected chi connectivity index (χ0v) is 18.0. The molecule has 0 N–H and O–H groups in total. The highest BCUT2D eigenvalue weighted by atomic mass is 19.1. The van der Waals surface area contributed by atoms with Crippen molar-refractivity contribution in [2.45, 2.75) is 18.9 Å². The Balaban J connectivity index is 1.63. The van der Waals surface area contributed by atoms with Crippen molar-refractivity contribution in [3.63, 3.8) is 0 Å². The van der Waals surface area contributed by atoms with Gasteiger partial charge < -0.3 is 14.5 Å². The molecule has 1 aliphatic rings. The molecular weight excluding hydrogens is 414 g/mol. The Kier molecular flexibility index (Phi) is 6.30. The van der Waals surface area contributed by atoms with Crippen molar-refractivity contribution < 1.29 is 18.3 Å². The van der Waals surface area contributed by atoms with Gasteiger partial charge in [-0.1, -0.05) is 24.3 Å². The summed E-state index contributed by atoms with van der Waals surface area (Å²) < 4.78 is 32.7. The third-order valence-corrected chi connectivity index (χ3v) is 5.44. The van der Waals surface area contributed by atoms with E-state index < -0.39 is 5.82 Å². The summed E-state index contributed by atoms with van der Waals surface area (Å²) in [6.07, 6.45) is 3.24. The van der Waals surface area contributed by atoms with E-state index >= 15 is 0 Å². The van der Waals surface area contributed by atoms with E-state index in [4.69, 9.17) is 9.72 Å². The average Bonchev–Trinajstić information content (AvgIpc) is 3.28. The first-order valence-electron chi connectivity index (χ1n) is 10.4. The first-order chi connectivity index (χ1) is 15.4. The predicted octanol–water partition coefficient (Wildman–Crippen LogP) is 4.23. The van der Waals surface area contributed by atoms with Gasteiger partial charge in [-0.15, -0.1) is 0 Å². The van der Waals surface area contributed by atoms with Gasteiger partial charge in [0.1, 0.15) is 5.82 Å². The van der Waals surface area contributed by atoms with E-state index in [0.29, 0.717) is 18.2 Å². The highest BCUT2D eigenvalue weighted by Gasteiger charge is 2.33. The highest BCUT2D eigenvalue weighted by Crippen LogP contribution is 2.37. The summed E-state index contributed by atoms with van der Waals surface area (Å²) in [5.41, 5.74) is 2.22. The molecular formula is C24H24F2N4O2. The molecule has 1 atom stereocenters. The minimum absolute atomic E-state index is 0.0422. The van der Waals surface area contributed by atoms with Crippen LogP contribution in [0.2, 0.25) is 0 Å². The Bertz CT molecular complexity index is 1110. The lowest BCUT2D eigenvalue weighted by molar-refractivity contribution is -0.134. The molecule has 0 saturated carbocycles. The number of hydrogen-bond acceptors (Lipinski definition) is 5. The first-order valence-corrected chi connectivity index (χ1v) is 10.4. The molecule has 2 aromatic carbocycles. The molecule has 4 rings (SSSR count). The number of hydrogen-bond donors (Lipinski definition) is 0. The number of likely N-dealkylation sites (tertiary alicyclic amines) is 1. The molecule has 0 spiro atoms. The third-order valence-electron chi connectivity index (χ3n) is 5.44. The number of amides is 1. The smallest absolute Gasteiger partial charge is 0.261 e. The number of halogens is 2. The van der Waals surface area contributed by atoms with Crippen LogP contribution in [0.1, 0.15) is 24.6 Å². The molecule has 1 saturated heterocycles. The number of ether oxygens (including phenoxy) is 1. The van der Waals surface area contributed by atoms with Gasteiger partial charge in [0.05, 0.1) is 11.7 Å². The minimum Gasteiger partial charge on any atom is -0.481 e. The Hall–Kier alpha value is -3.55. The number of nitrogens with zero attached hydrogens (tertiary/aromatic N) is 4. The maximum Gasteiger partial charge on any atom is 0.261 e. The molecule has 8 heteroatoms. The molecule has 32 heavy (non-hydrogen) atoms. The van der Waals surface area contributed by atoms with Gasteiger partial charge in [0.2, 0.25) is 5.95 Å². The van der Waals surface area contributed by atoms with Gasteiger partial charge in [-0.05, 0) is 42.7 Å². The number of benzene rings is 2. The van der Waals surface area contributed by atoms with Crippen LogP contribution in [0.4, 0.5) is 14.7 Å². The summed E-state index contributed by atoms with van der Waals surface area (Å²) in [5.74, 6) is -0.522. The van der Waals surface area contributed by atoms with Crippen LogP contribution >= 0.6 is 0 Å². The number of rotatable bonds is 6. The first kappa shape index (κ1) is 21.7. The van der Waals surface area contributed by atoms with Gasteiger partial charge in [-0.25, -0.2) is 18.7 Å². The molecule has 0 radical (unpaired) electrons. The number of para-hydroxylation sites is 1. The number of carbonyl (C=O) groups is 1. The average molecular weight is 438 g/mol. The molecule has 1 aliphatic heterocycles. The second-order valence-corrected chi connectivity index (χ2v) is 7.83. The summed E-state index contributed by atoms with van der Waals surface area (Å²) in [7, 11) is 3.69. The lowest BCUT2D eigenvalue weighted by atomic mass is 10.00. The maximum atomic E-state index is 13.8. The van der Waals surface area contributed by atoms with E-state index in [1.807, 2.05) is 14.1 Å². The van der Waals surface area contributed by atoms with Gasteiger partial charge in [-0.3, -0.25) is 4.79 Å². The lowest BCUT2D eigenvalue weighted by Crippen LogP contribution is -2.35. The molecule has 0 aliphatic carbocycles. The van der Waals surface area contributed by atoms with Crippen LogP contribution in [-0.4, -0.2) is 48.0 Å². The number of anilines is 1. The van der Waals surface area contributed by atoms with Gasteiger partial charge in [0.25, 0.3) is 5.91 Å². The summed E-state index contributed by atoms with van der Waals surface area (Å²) >= 11 is 0. The topological polar surface area (TPSA) is 58.6 Å². The van der Waals surface area contributed by atoms with E-state index in [2.05, 4.69) is 4.98 Å². The minimum atomic E-state index is -0.511. The van der Waals surface area contributed by atoms with Crippen molar-refractivity contribution in [1.82, 2.24) is 14.9 Å². The van der Waals surface area contributed by atoms with E-state index in [1.54, 1.807) is 40.3 Å². The van der Waals surface area contributed by atoms with Gasteiger partial charge in [0, 0.05) is 32.4 Å². The second-order valence-electron chi connectivity index (χ2n) is 7.83. The number of carbonyl (C=O) groups excluding carboxylic acids is 1. The van der Waals surface area contributed by atoms with E-state index in [0.717, 1.165) is 24.0 Å². The van der Waals surface area contributed by atoms with Crippen LogP contribution in [0.25, 0.3) is 11.1 Å². The molecule has 3 aromatic rings. The Morgan fingerprint density at radius 1 is 1.16 bits per heavy atom. The zero-order valence-electron chi connectivity index (χ0n) is 18.0. The molecule has 1 amide bonds. The van der Waals surface area contributed by atoms with Crippen LogP contribution < -0.4 is 9.64 Å². The van der Waals surface area contributed by atoms with Crippen molar-refractivity contribution >= 4 is 11.9 Å². The van der Waals surface area contributed by atoms with Gasteiger partial charge in [0.15, 0.2) is 18.2 Å². The predicted molar refractivity (Wildman–Crippen MR) is 117 cm³/mol. The van der Waals surface area contributed by atoms with Crippen molar-refractivity contribution in [3.05, 3.63) is 72.1 Å². The summed E-state index contributed by atoms with van der Waals surface area (Å²) in [6, 6.07) is 11.8. The van der Waals surface area contributed by atoms with Crippen molar-refractivity contribution in [2.24, 2.45) is 0 Å². The largest absolute Gasteiger partial charge is 0.481 e. The second kappa shape index (κ2) is 9.30. The molecule has 1 fully saturated rings. The van der Waals surface area contributed by atoms with E-state index in [9.17, 15) is 13.6 Å². The molecule has 2 heterocycles. The Labute approximate surface area is 185 Å². The van der Waals surface area contributed by atoms with Crippen LogP contribution in [0.15, 0.2) is 54.7 Å². The van der Waals surface area contributed by atoms with E-state index in [1.165, 1.54) is 24.3 Å². The van der Waals surface area contributed by atoms with Crippen LogP contribution in [-0.2, 0) is 4.79 Å². The van der Waals surface area contributed by atoms with Crippen LogP contribution in [0, 0.1) is 11.6 Å². The SMILES string of the molecule is CN(C)c1ncc(-c2ccc(F)cc2)c([C@H]2CCCN2C(=O)COc2ccccc2F)n1. The van der Waals surface area contributed by atoms with Crippen LogP contribution in [0.5, 0.6) is 5.75 Å². The summed E-state index contributed by atoms with van der Waals surface area (Å²) in [4.78, 5) is 25.7. The summed E-state index contributed by atoms with van der Waals surface area (Å²) in [6.45, 7) is 0.281. The van der Waals surface area contributed by atoms with Crippen molar-refractivity contribution in [2.75, 3.05) is 32.1 Å². The van der Waals surface area contributed by atoms with Crippen LogP contribution in [0.3, 0.4) is 0 Å². The molecule has 0 unspecified atom stereocenters. The lowest BCUT2D eigenvalue weighted by Gasteiger charge is -2.27. The highest BCUT2D eigenvalue weighted by molar-refractivity contribution is 5.79. The molecule has 166 valence electrons. The van der Waals surface area contributed by atoms with E-state index in [-0.39, 0.29) is 30.1 Å². The number of aromatic nitrogens is 2. The maximum absolute atomic E-state index is 13.8. The fourth-order valence-corrected chi connectivity index (χ4v) is 3.84. The molecule has 6 nitrogen and oxygen atoms in total. The fourth-order valence-electron chi connectivity index (χ4n) is 3.84. The zero-order chi connectivity index (χ0) is 22.7.